The average Bonchev–Trinajstić information content (AvgIpc) is 2.64. The first kappa shape index (κ1) is 30.6. The van der Waals surface area contributed by atoms with Crippen LogP contribution in [0.4, 0.5) is 0 Å². The van der Waals surface area contributed by atoms with Gasteiger partial charge in [-0.05, 0) is 6.42 Å². The Hall–Kier alpha value is -0.590. The fourth-order valence-corrected chi connectivity index (χ4v) is 3.30. The van der Waals surface area contributed by atoms with E-state index in [1.165, 1.54) is 77.0 Å². The molecular formula is C22H42NNaO5. The molecule has 0 rings (SSSR count). The molecule has 6 nitrogen and oxygen atoms in total. The van der Waals surface area contributed by atoms with E-state index in [0.29, 0.717) is 6.42 Å². The molecule has 29 heavy (non-hydrogen) atoms. The maximum atomic E-state index is 11.7. The van der Waals surface area contributed by atoms with Crippen molar-refractivity contribution in [3.05, 3.63) is 0 Å². The molecule has 0 aromatic carbocycles. The van der Waals surface area contributed by atoms with Gasteiger partial charge in [0, 0.05) is 6.42 Å². The Kier molecular flexibility index (Phi) is 23.3. The summed E-state index contributed by atoms with van der Waals surface area (Å²) in [5.74, 6) is -2.93. The van der Waals surface area contributed by atoms with Gasteiger partial charge < -0.3 is 17.0 Å². The van der Waals surface area contributed by atoms with E-state index in [-0.39, 0.29) is 43.3 Å². The van der Waals surface area contributed by atoms with Gasteiger partial charge in [-0.3, -0.25) is 9.59 Å². The number of carbonyl (C=O) groups is 3. The standard InChI is InChI=1S/C22H41NO5.Na.H/c1-2-3-4-5-6-7-8-9-10-11-12-13-14-15-16-17-20(24)23-19(22(27)28)18-21(25)26;;/h19H,2-18H2,1H3,(H,23,24)(H,25,26)(H,27,28);;/q;+1;-1. The summed E-state index contributed by atoms with van der Waals surface area (Å²) in [5, 5.41) is 19.8. The molecule has 1 atom stereocenters. The molecule has 0 spiro atoms. The number of carbonyl (C=O) groups excluding carboxylic acids is 1. The molecule has 0 aliphatic heterocycles. The molecule has 1 unspecified atom stereocenters. The molecular weight excluding hydrogens is 381 g/mol. The topological polar surface area (TPSA) is 104 Å². The fourth-order valence-electron chi connectivity index (χ4n) is 3.30. The average molecular weight is 424 g/mol. The molecule has 0 heterocycles. The Morgan fingerprint density at radius 2 is 1.10 bits per heavy atom. The van der Waals surface area contributed by atoms with Crippen molar-refractivity contribution in [3.63, 3.8) is 0 Å². The second-order valence-corrected chi connectivity index (χ2v) is 7.76. The summed E-state index contributed by atoms with van der Waals surface area (Å²) in [6.07, 6.45) is 18.3. The smallest absolute Gasteiger partial charge is 1.00 e. The van der Waals surface area contributed by atoms with Gasteiger partial charge in [0.15, 0.2) is 0 Å². The minimum Gasteiger partial charge on any atom is -1.00 e. The fraction of sp³-hybridized carbons (Fsp3) is 0.864. The second-order valence-electron chi connectivity index (χ2n) is 7.76. The van der Waals surface area contributed by atoms with Crippen molar-refractivity contribution in [2.45, 2.75) is 122 Å². The minimum atomic E-state index is -1.35. The third-order valence-corrected chi connectivity index (χ3v) is 5.02. The molecule has 0 fully saturated rings. The first-order chi connectivity index (χ1) is 13.5. The quantitative estimate of drug-likeness (QED) is 0.206. The summed E-state index contributed by atoms with van der Waals surface area (Å²) in [4.78, 5) is 33.2. The Bertz CT molecular complexity index is 438. The summed E-state index contributed by atoms with van der Waals surface area (Å²) in [6, 6.07) is -1.35. The zero-order valence-corrected chi connectivity index (χ0v) is 20.7. The monoisotopic (exact) mass is 423 g/mol. The van der Waals surface area contributed by atoms with E-state index >= 15 is 0 Å². The number of rotatable bonds is 20. The molecule has 0 aliphatic carbocycles. The molecule has 0 aliphatic rings. The summed E-state index contributed by atoms with van der Waals surface area (Å²) in [5.41, 5.74) is 0. The molecule has 0 aromatic heterocycles. The van der Waals surface area contributed by atoms with Crippen LogP contribution in [0.3, 0.4) is 0 Å². The molecule has 1 amide bonds. The minimum absolute atomic E-state index is 0. The van der Waals surface area contributed by atoms with Crippen molar-refractivity contribution in [3.8, 4) is 0 Å². The van der Waals surface area contributed by atoms with Crippen LogP contribution in [0, 0.1) is 0 Å². The van der Waals surface area contributed by atoms with Crippen LogP contribution in [-0.4, -0.2) is 34.1 Å². The number of carboxylic acid groups (broad SMARTS) is 2. The van der Waals surface area contributed by atoms with E-state index in [9.17, 15) is 14.4 Å². The van der Waals surface area contributed by atoms with Crippen LogP contribution in [0.5, 0.6) is 0 Å². The predicted molar refractivity (Wildman–Crippen MR) is 112 cm³/mol. The normalized spacial score (nSPS) is 11.5. The largest absolute Gasteiger partial charge is 1.00 e. The number of hydrogen-bond acceptors (Lipinski definition) is 3. The number of amides is 1. The van der Waals surface area contributed by atoms with Gasteiger partial charge in [-0.15, -0.1) is 0 Å². The molecule has 7 heteroatoms. The van der Waals surface area contributed by atoms with E-state index < -0.39 is 24.4 Å². The number of unbranched alkanes of at least 4 members (excludes halogenated alkanes) is 14. The van der Waals surface area contributed by atoms with Crippen molar-refractivity contribution in [2.75, 3.05) is 0 Å². The van der Waals surface area contributed by atoms with Crippen molar-refractivity contribution >= 4 is 17.8 Å². The molecule has 0 bridgehead atoms. The van der Waals surface area contributed by atoms with E-state index in [2.05, 4.69) is 12.2 Å². The van der Waals surface area contributed by atoms with E-state index in [4.69, 9.17) is 10.2 Å². The van der Waals surface area contributed by atoms with Crippen molar-refractivity contribution in [2.24, 2.45) is 0 Å². The Labute approximate surface area is 200 Å². The van der Waals surface area contributed by atoms with Crippen LogP contribution in [0.25, 0.3) is 0 Å². The van der Waals surface area contributed by atoms with Crippen LogP contribution in [0.15, 0.2) is 0 Å². The van der Waals surface area contributed by atoms with Gasteiger partial charge in [-0.2, -0.15) is 0 Å². The molecule has 0 saturated carbocycles. The van der Waals surface area contributed by atoms with Crippen LogP contribution in [0.2, 0.25) is 0 Å². The zero-order chi connectivity index (χ0) is 21.0. The third kappa shape index (κ3) is 21.9. The van der Waals surface area contributed by atoms with Gasteiger partial charge in [-0.25, -0.2) is 4.79 Å². The maximum absolute atomic E-state index is 11.7. The van der Waals surface area contributed by atoms with E-state index in [1.807, 2.05) is 0 Å². The van der Waals surface area contributed by atoms with Gasteiger partial charge in [-0.1, -0.05) is 96.8 Å². The number of aliphatic carboxylic acids is 2. The van der Waals surface area contributed by atoms with E-state index in [0.717, 1.165) is 12.8 Å². The van der Waals surface area contributed by atoms with Gasteiger partial charge in [0.25, 0.3) is 0 Å². The number of nitrogens with one attached hydrogen (secondary N) is 1. The van der Waals surface area contributed by atoms with Crippen LogP contribution in [0.1, 0.15) is 118 Å². The van der Waals surface area contributed by atoms with Crippen molar-refractivity contribution < 1.29 is 55.6 Å². The summed E-state index contributed by atoms with van der Waals surface area (Å²) in [7, 11) is 0. The van der Waals surface area contributed by atoms with Crippen molar-refractivity contribution in [1.29, 1.82) is 0 Å². The molecule has 0 aromatic rings. The van der Waals surface area contributed by atoms with Crippen molar-refractivity contribution in [1.82, 2.24) is 5.32 Å². The van der Waals surface area contributed by atoms with Gasteiger partial charge >= 0.3 is 41.5 Å². The zero-order valence-electron chi connectivity index (χ0n) is 19.7. The molecule has 0 radical (unpaired) electrons. The number of carboxylic acids is 2. The predicted octanol–water partition coefficient (Wildman–Crippen LogP) is 2.41. The first-order valence-electron chi connectivity index (χ1n) is 11.2. The van der Waals surface area contributed by atoms with Gasteiger partial charge in [0.2, 0.25) is 5.91 Å². The first-order valence-corrected chi connectivity index (χ1v) is 11.2. The van der Waals surface area contributed by atoms with Gasteiger partial charge in [0.05, 0.1) is 6.42 Å². The summed E-state index contributed by atoms with van der Waals surface area (Å²) >= 11 is 0. The molecule has 166 valence electrons. The van der Waals surface area contributed by atoms with Crippen LogP contribution >= 0.6 is 0 Å². The SMILES string of the molecule is CCCCCCCCCCCCCCCCCC(=O)NC(CC(=O)O)C(=O)O.[H-].[Na+]. The number of hydrogen-bond donors (Lipinski definition) is 3. The molecule has 0 saturated heterocycles. The van der Waals surface area contributed by atoms with Gasteiger partial charge in [0.1, 0.15) is 6.04 Å². The Morgan fingerprint density at radius 1 is 0.724 bits per heavy atom. The molecule has 3 N–H and O–H groups in total. The third-order valence-electron chi connectivity index (χ3n) is 5.02. The Balaban J connectivity index is -0.00000364. The second kappa shape index (κ2) is 22.1. The van der Waals surface area contributed by atoms with Crippen LogP contribution < -0.4 is 34.9 Å². The summed E-state index contributed by atoms with van der Waals surface area (Å²) in [6.45, 7) is 2.25. The van der Waals surface area contributed by atoms with E-state index in [1.54, 1.807) is 0 Å². The Morgan fingerprint density at radius 3 is 1.45 bits per heavy atom. The maximum Gasteiger partial charge on any atom is 1.00 e. The van der Waals surface area contributed by atoms with Crippen LogP contribution in [-0.2, 0) is 14.4 Å². The summed E-state index contributed by atoms with van der Waals surface area (Å²) < 4.78 is 0.